The number of carbonyl (C=O) groups is 2. The highest BCUT2D eigenvalue weighted by Gasteiger charge is 2.31. The van der Waals surface area contributed by atoms with Gasteiger partial charge in [-0.3, -0.25) is 25.2 Å². The fraction of sp³-hybridized carbons (Fsp3) is 0.167. The molecule has 0 spiro atoms. The van der Waals surface area contributed by atoms with Crippen molar-refractivity contribution in [2.75, 3.05) is 0 Å². The molecular formula is C18H15F3N4O3. The van der Waals surface area contributed by atoms with E-state index in [0.717, 1.165) is 22.5 Å². The summed E-state index contributed by atoms with van der Waals surface area (Å²) in [7, 11) is 0. The zero-order valence-corrected chi connectivity index (χ0v) is 14.3. The molecular weight excluding hydrogens is 377 g/mol. The Bertz CT molecular complexity index is 1090. The molecule has 7 nitrogen and oxygen atoms in total. The first kappa shape index (κ1) is 19.2. The molecule has 3 N–H and O–H groups in total. The highest BCUT2D eigenvalue weighted by molar-refractivity contribution is 5.89. The number of hydrogen-bond donors (Lipinski definition) is 3. The van der Waals surface area contributed by atoms with Gasteiger partial charge in [-0.25, -0.2) is 0 Å². The summed E-state index contributed by atoms with van der Waals surface area (Å²) in [5, 5.41) is 0.861. The fourth-order valence-electron chi connectivity index (χ4n) is 2.65. The molecule has 0 aliphatic rings. The van der Waals surface area contributed by atoms with Gasteiger partial charge in [0.2, 0.25) is 5.91 Å². The van der Waals surface area contributed by atoms with Crippen molar-refractivity contribution < 1.29 is 22.8 Å². The molecule has 2 aromatic heterocycles. The Labute approximate surface area is 156 Å². The van der Waals surface area contributed by atoms with Gasteiger partial charge < -0.3 is 9.55 Å². The predicted octanol–water partition coefficient (Wildman–Crippen LogP) is 1.74. The van der Waals surface area contributed by atoms with Crippen LogP contribution in [0.1, 0.15) is 11.1 Å². The molecule has 3 aromatic rings. The van der Waals surface area contributed by atoms with Crippen LogP contribution in [0.15, 0.2) is 53.6 Å². The quantitative estimate of drug-likeness (QED) is 0.590. The number of pyridine rings is 1. The Morgan fingerprint density at radius 2 is 1.75 bits per heavy atom. The van der Waals surface area contributed by atoms with Gasteiger partial charge in [-0.2, -0.15) is 13.2 Å². The number of hydrazine groups is 1. The van der Waals surface area contributed by atoms with Crippen LogP contribution in [0.2, 0.25) is 0 Å². The third-order valence-corrected chi connectivity index (χ3v) is 3.99. The molecule has 1 aromatic carbocycles. The molecule has 146 valence electrons. The maximum absolute atomic E-state index is 12.7. The second kappa shape index (κ2) is 7.59. The zero-order chi connectivity index (χ0) is 20.3. The van der Waals surface area contributed by atoms with Gasteiger partial charge in [-0.1, -0.05) is 18.2 Å². The van der Waals surface area contributed by atoms with Gasteiger partial charge >= 0.3 is 6.18 Å². The van der Waals surface area contributed by atoms with E-state index in [0.29, 0.717) is 16.8 Å². The van der Waals surface area contributed by atoms with E-state index in [1.54, 1.807) is 6.20 Å². The number of benzene rings is 1. The lowest BCUT2D eigenvalue weighted by atomic mass is 10.1. The van der Waals surface area contributed by atoms with Crippen molar-refractivity contribution in [1.29, 1.82) is 0 Å². The minimum atomic E-state index is -4.64. The van der Waals surface area contributed by atoms with Gasteiger partial charge in [0.15, 0.2) is 0 Å². The van der Waals surface area contributed by atoms with Crippen molar-refractivity contribution in [1.82, 2.24) is 20.4 Å². The lowest BCUT2D eigenvalue weighted by Gasteiger charge is -2.11. The van der Waals surface area contributed by atoms with Crippen molar-refractivity contribution in [3.05, 3.63) is 70.3 Å². The number of aromatic amines is 1. The van der Waals surface area contributed by atoms with Crippen LogP contribution in [0.4, 0.5) is 13.2 Å². The second-order valence-electron chi connectivity index (χ2n) is 6.01. The highest BCUT2D eigenvalue weighted by Crippen LogP contribution is 2.27. The van der Waals surface area contributed by atoms with Gasteiger partial charge in [0.05, 0.1) is 12.0 Å². The molecule has 0 unspecified atom stereocenters. The molecule has 10 heteroatoms. The Hall–Kier alpha value is -3.56. The molecule has 0 saturated heterocycles. The number of rotatable bonds is 4. The van der Waals surface area contributed by atoms with Crippen LogP contribution in [-0.4, -0.2) is 21.4 Å². The minimum absolute atomic E-state index is 0.0200. The fourth-order valence-corrected chi connectivity index (χ4v) is 2.65. The van der Waals surface area contributed by atoms with Crippen molar-refractivity contribution in [2.24, 2.45) is 0 Å². The van der Waals surface area contributed by atoms with Gasteiger partial charge in [0, 0.05) is 29.4 Å². The third-order valence-electron chi connectivity index (χ3n) is 3.99. The van der Waals surface area contributed by atoms with Crippen molar-refractivity contribution in [3.63, 3.8) is 0 Å². The average molecular weight is 392 g/mol. The predicted molar refractivity (Wildman–Crippen MR) is 94.0 cm³/mol. The number of nitrogens with one attached hydrogen (secondary N) is 3. The van der Waals surface area contributed by atoms with Gasteiger partial charge in [-0.05, 0) is 17.7 Å². The van der Waals surface area contributed by atoms with E-state index in [1.165, 1.54) is 0 Å². The van der Waals surface area contributed by atoms with E-state index in [9.17, 15) is 27.6 Å². The smallest absolute Gasteiger partial charge is 0.361 e. The van der Waals surface area contributed by atoms with E-state index < -0.39 is 35.7 Å². The van der Waals surface area contributed by atoms with Gasteiger partial charge in [-0.15, -0.1) is 0 Å². The summed E-state index contributed by atoms with van der Waals surface area (Å²) in [6.45, 7) is -0.671. The molecule has 0 bridgehead atoms. The van der Waals surface area contributed by atoms with Crippen LogP contribution < -0.4 is 16.4 Å². The van der Waals surface area contributed by atoms with E-state index >= 15 is 0 Å². The van der Waals surface area contributed by atoms with Crippen LogP contribution in [0.25, 0.3) is 10.9 Å². The molecule has 0 atom stereocenters. The summed E-state index contributed by atoms with van der Waals surface area (Å²) in [5.74, 6) is -1.36. The molecule has 2 heterocycles. The molecule has 0 fully saturated rings. The Balaban J connectivity index is 1.58. The van der Waals surface area contributed by atoms with Crippen LogP contribution in [0.5, 0.6) is 0 Å². The number of halogens is 3. The van der Waals surface area contributed by atoms with Crippen LogP contribution in [-0.2, 0) is 28.7 Å². The first-order valence-corrected chi connectivity index (χ1v) is 8.14. The number of H-pyrrole nitrogens is 1. The largest absolute Gasteiger partial charge is 0.417 e. The van der Waals surface area contributed by atoms with Crippen molar-refractivity contribution in [3.8, 4) is 0 Å². The molecule has 0 saturated carbocycles. The van der Waals surface area contributed by atoms with Crippen molar-refractivity contribution in [2.45, 2.75) is 19.1 Å². The first-order chi connectivity index (χ1) is 13.2. The molecule has 2 amide bonds. The summed E-state index contributed by atoms with van der Waals surface area (Å²) >= 11 is 0. The minimum Gasteiger partial charge on any atom is -0.361 e. The van der Waals surface area contributed by atoms with Crippen LogP contribution in [0.3, 0.4) is 0 Å². The number of amides is 2. The maximum Gasteiger partial charge on any atom is 0.417 e. The van der Waals surface area contributed by atoms with E-state index in [4.69, 9.17) is 0 Å². The molecule has 0 aliphatic heterocycles. The van der Waals surface area contributed by atoms with E-state index in [2.05, 4.69) is 15.8 Å². The number of alkyl halides is 3. The molecule has 28 heavy (non-hydrogen) atoms. The molecule has 0 radical (unpaired) electrons. The molecule has 0 aliphatic carbocycles. The zero-order valence-electron chi connectivity index (χ0n) is 14.3. The highest BCUT2D eigenvalue weighted by atomic mass is 19.4. The van der Waals surface area contributed by atoms with E-state index in [1.807, 2.05) is 24.3 Å². The number of carbonyl (C=O) groups excluding carboxylic acids is 2. The summed E-state index contributed by atoms with van der Waals surface area (Å²) in [6, 6.07) is 8.73. The number of nitrogens with zero attached hydrogens (tertiary/aromatic N) is 1. The Morgan fingerprint density at radius 3 is 2.50 bits per heavy atom. The first-order valence-electron chi connectivity index (χ1n) is 8.14. The number of para-hydroxylation sites is 1. The summed E-state index contributed by atoms with van der Waals surface area (Å²) in [6.07, 6.45) is -2.43. The van der Waals surface area contributed by atoms with E-state index in [-0.39, 0.29) is 6.42 Å². The summed E-state index contributed by atoms with van der Waals surface area (Å²) in [5.41, 5.74) is 4.02. The van der Waals surface area contributed by atoms with Crippen LogP contribution in [0, 0.1) is 0 Å². The number of fused-ring (bicyclic) bond motifs is 1. The maximum atomic E-state index is 12.7. The standard InChI is InChI=1S/C18H15F3N4O3/c19-18(20,21)12-5-6-17(28)25(9-12)10-16(27)24-23-15(26)7-11-8-22-14-4-2-1-3-13(11)14/h1-6,8-9,22H,7,10H2,(H,23,26)(H,24,27). The van der Waals surface area contributed by atoms with Gasteiger partial charge in [0.1, 0.15) is 6.54 Å². The monoisotopic (exact) mass is 392 g/mol. The normalized spacial score (nSPS) is 11.4. The average Bonchev–Trinajstić information content (AvgIpc) is 3.04. The number of hydrogen-bond acceptors (Lipinski definition) is 3. The SMILES string of the molecule is O=C(Cc1c[nH]c2ccccc12)NNC(=O)Cn1cc(C(F)(F)F)ccc1=O. The Morgan fingerprint density at radius 1 is 1.04 bits per heavy atom. The lowest BCUT2D eigenvalue weighted by Crippen LogP contribution is -2.44. The number of aromatic nitrogens is 2. The van der Waals surface area contributed by atoms with Crippen LogP contribution >= 0.6 is 0 Å². The second-order valence-corrected chi connectivity index (χ2v) is 6.01. The topological polar surface area (TPSA) is 96.0 Å². The Kier molecular flexibility index (Phi) is 5.21. The van der Waals surface area contributed by atoms with Gasteiger partial charge in [0.25, 0.3) is 11.5 Å². The lowest BCUT2D eigenvalue weighted by molar-refractivity contribution is -0.138. The molecule has 3 rings (SSSR count). The third kappa shape index (κ3) is 4.40. The summed E-state index contributed by atoms with van der Waals surface area (Å²) < 4.78 is 38.7. The van der Waals surface area contributed by atoms with Crippen molar-refractivity contribution >= 4 is 22.7 Å². The summed E-state index contributed by atoms with van der Waals surface area (Å²) in [4.78, 5) is 38.5.